The molecule has 158 valence electrons. The summed E-state index contributed by atoms with van der Waals surface area (Å²) in [4.78, 5) is 18.6. The van der Waals surface area contributed by atoms with E-state index in [2.05, 4.69) is 4.98 Å². The lowest BCUT2D eigenvalue weighted by Crippen LogP contribution is -2.45. The first kappa shape index (κ1) is 23.1. The highest BCUT2D eigenvalue weighted by Crippen LogP contribution is 2.54. The Bertz CT molecular complexity index is 927. The molecule has 0 bridgehead atoms. The number of hydrogen-bond acceptors (Lipinski definition) is 5. The highest BCUT2D eigenvalue weighted by Gasteiger charge is 2.57. The van der Waals surface area contributed by atoms with Gasteiger partial charge in [-0.15, -0.1) is 24.8 Å². The zero-order valence-electron chi connectivity index (χ0n) is 15.8. The summed E-state index contributed by atoms with van der Waals surface area (Å²) in [5, 5.41) is 0. The van der Waals surface area contributed by atoms with E-state index in [1.54, 1.807) is 6.20 Å². The number of nitrogens with zero attached hydrogens (tertiary/aromatic N) is 2. The number of aromatic nitrogens is 1. The van der Waals surface area contributed by atoms with E-state index in [9.17, 15) is 13.6 Å². The number of methoxy groups -OCH3 is 2. The van der Waals surface area contributed by atoms with Gasteiger partial charge in [-0.05, 0) is 30.0 Å². The summed E-state index contributed by atoms with van der Waals surface area (Å²) in [5.41, 5.74) is 6.73. The SMILES string of the molecule is COc1cc(OC)c(F)c(N2Cc3cnc(CN)cc3C3(CC3)C2=O)c1F.Cl.Cl. The number of halogens is 4. The number of nitrogens with two attached hydrogens (primary N) is 1. The predicted molar refractivity (Wildman–Crippen MR) is 108 cm³/mol. The Hall–Kier alpha value is -2.16. The minimum absolute atomic E-state index is 0. The maximum absolute atomic E-state index is 14.9. The van der Waals surface area contributed by atoms with Crippen LogP contribution in [0.5, 0.6) is 11.5 Å². The molecule has 2 N–H and O–H groups in total. The van der Waals surface area contributed by atoms with Crippen molar-refractivity contribution >= 4 is 36.4 Å². The molecule has 0 radical (unpaired) electrons. The van der Waals surface area contributed by atoms with E-state index in [0.717, 1.165) is 22.1 Å². The van der Waals surface area contributed by atoms with Crippen molar-refractivity contribution in [3.05, 3.63) is 46.8 Å². The Balaban J connectivity index is 0.00000150. The van der Waals surface area contributed by atoms with Gasteiger partial charge in [-0.1, -0.05) is 0 Å². The first-order valence-electron chi connectivity index (χ1n) is 8.57. The zero-order valence-corrected chi connectivity index (χ0v) is 17.5. The number of anilines is 1. The second-order valence-electron chi connectivity index (χ2n) is 6.77. The molecule has 4 rings (SSSR count). The van der Waals surface area contributed by atoms with E-state index in [1.807, 2.05) is 6.07 Å². The topological polar surface area (TPSA) is 77.7 Å². The van der Waals surface area contributed by atoms with E-state index < -0.39 is 22.7 Å². The summed E-state index contributed by atoms with van der Waals surface area (Å²) < 4.78 is 39.8. The summed E-state index contributed by atoms with van der Waals surface area (Å²) in [7, 11) is 2.54. The van der Waals surface area contributed by atoms with E-state index in [4.69, 9.17) is 15.2 Å². The summed E-state index contributed by atoms with van der Waals surface area (Å²) in [6, 6.07) is 2.95. The van der Waals surface area contributed by atoms with Crippen LogP contribution in [0.1, 0.15) is 29.7 Å². The van der Waals surface area contributed by atoms with Gasteiger partial charge in [0.1, 0.15) is 5.69 Å². The lowest BCUT2D eigenvalue weighted by Gasteiger charge is -2.35. The number of fused-ring (bicyclic) bond motifs is 2. The lowest BCUT2D eigenvalue weighted by molar-refractivity contribution is -0.121. The second-order valence-corrected chi connectivity index (χ2v) is 6.77. The first-order valence-corrected chi connectivity index (χ1v) is 8.57. The third kappa shape index (κ3) is 3.39. The van der Waals surface area contributed by atoms with Gasteiger partial charge in [0.05, 0.1) is 31.9 Å². The van der Waals surface area contributed by atoms with Crippen molar-refractivity contribution in [2.75, 3.05) is 19.1 Å². The van der Waals surface area contributed by atoms with Gasteiger partial charge in [0.2, 0.25) is 5.91 Å². The molecule has 2 aliphatic rings. The average molecular weight is 448 g/mol. The van der Waals surface area contributed by atoms with Crippen molar-refractivity contribution < 1.29 is 23.0 Å². The summed E-state index contributed by atoms with van der Waals surface area (Å²) in [6.07, 6.45) is 2.87. The third-order valence-corrected chi connectivity index (χ3v) is 5.32. The van der Waals surface area contributed by atoms with Crippen LogP contribution in [0.15, 0.2) is 18.3 Å². The largest absolute Gasteiger partial charge is 0.493 e. The van der Waals surface area contributed by atoms with Gasteiger partial charge in [-0.3, -0.25) is 9.78 Å². The van der Waals surface area contributed by atoms with E-state index in [1.165, 1.54) is 14.2 Å². The van der Waals surface area contributed by atoms with Gasteiger partial charge in [-0.25, -0.2) is 8.78 Å². The van der Waals surface area contributed by atoms with Crippen LogP contribution in [0, 0.1) is 11.6 Å². The molecule has 0 unspecified atom stereocenters. The zero-order chi connectivity index (χ0) is 19.3. The van der Waals surface area contributed by atoms with Crippen molar-refractivity contribution in [3.8, 4) is 11.5 Å². The number of benzene rings is 1. The molecule has 2 heterocycles. The van der Waals surface area contributed by atoms with Crippen molar-refractivity contribution in [2.45, 2.75) is 31.3 Å². The predicted octanol–water partition coefficient (Wildman–Crippen LogP) is 3.26. The minimum Gasteiger partial charge on any atom is -0.493 e. The molecule has 1 aliphatic carbocycles. The molecule has 1 spiro atoms. The maximum atomic E-state index is 14.9. The van der Waals surface area contributed by atoms with Gasteiger partial charge in [0.25, 0.3) is 0 Å². The standard InChI is InChI=1S/C19H19F2N3O3.2ClH/c1-26-13-6-14(27-2)16(21)17(15(13)20)24-9-10-8-23-11(7-22)5-12(10)19(3-4-19)18(24)25;;/h5-6,8H,3-4,7,9,22H2,1-2H3;2*1H. The van der Waals surface area contributed by atoms with Crippen LogP contribution < -0.4 is 20.1 Å². The number of pyridine rings is 1. The Kier molecular flexibility index (Phi) is 6.61. The summed E-state index contributed by atoms with van der Waals surface area (Å²) in [6.45, 7) is 0.273. The van der Waals surface area contributed by atoms with Crippen LogP contribution in [0.25, 0.3) is 0 Å². The molecule has 1 aromatic carbocycles. The van der Waals surface area contributed by atoms with Crippen LogP contribution in [0.2, 0.25) is 0 Å². The normalized spacial score (nSPS) is 15.9. The molecule has 1 amide bonds. The Morgan fingerprint density at radius 2 is 1.72 bits per heavy atom. The summed E-state index contributed by atoms with van der Waals surface area (Å²) >= 11 is 0. The lowest BCUT2D eigenvalue weighted by atomic mass is 9.86. The van der Waals surface area contributed by atoms with Gasteiger partial charge >= 0.3 is 0 Å². The monoisotopic (exact) mass is 447 g/mol. The number of hydrogen-bond donors (Lipinski definition) is 1. The van der Waals surface area contributed by atoms with Gasteiger partial charge in [-0.2, -0.15) is 0 Å². The molecule has 29 heavy (non-hydrogen) atoms. The van der Waals surface area contributed by atoms with Crippen molar-refractivity contribution in [3.63, 3.8) is 0 Å². The molecule has 0 saturated heterocycles. The van der Waals surface area contributed by atoms with Gasteiger partial charge in [0.15, 0.2) is 23.1 Å². The van der Waals surface area contributed by atoms with E-state index >= 15 is 0 Å². The number of amides is 1. The quantitative estimate of drug-likeness (QED) is 0.777. The molecule has 0 atom stereocenters. The smallest absolute Gasteiger partial charge is 0.238 e. The number of carbonyl (C=O) groups is 1. The van der Waals surface area contributed by atoms with Crippen LogP contribution in [0.4, 0.5) is 14.5 Å². The second kappa shape index (κ2) is 8.30. The van der Waals surface area contributed by atoms with Crippen LogP contribution in [-0.2, 0) is 23.3 Å². The van der Waals surface area contributed by atoms with E-state index in [-0.39, 0.29) is 55.3 Å². The van der Waals surface area contributed by atoms with Crippen LogP contribution in [0.3, 0.4) is 0 Å². The minimum atomic E-state index is -0.935. The number of rotatable bonds is 4. The average Bonchev–Trinajstić information content (AvgIpc) is 3.47. The fourth-order valence-corrected chi connectivity index (χ4v) is 3.72. The Morgan fingerprint density at radius 3 is 2.21 bits per heavy atom. The highest BCUT2D eigenvalue weighted by molar-refractivity contribution is 6.05. The van der Waals surface area contributed by atoms with Crippen molar-refractivity contribution in [2.24, 2.45) is 5.73 Å². The van der Waals surface area contributed by atoms with Crippen LogP contribution >= 0.6 is 24.8 Å². The maximum Gasteiger partial charge on any atom is 0.238 e. The molecule has 6 nitrogen and oxygen atoms in total. The van der Waals surface area contributed by atoms with Gasteiger partial charge < -0.3 is 20.1 Å². The molecule has 1 fully saturated rings. The number of ether oxygens (including phenoxy) is 2. The molecule has 1 aromatic heterocycles. The molecule has 1 aliphatic heterocycles. The highest BCUT2D eigenvalue weighted by atomic mass is 35.5. The molecule has 10 heteroatoms. The molecular formula is C19H21Cl2F2N3O3. The van der Waals surface area contributed by atoms with E-state index in [0.29, 0.717) is 18.5 Å². The first-order chi connectivity index (χ1) is 13.0. The number of carbonyl (C=O) groups excluding carboxylic acids is 1. The fraction of sp³-hybridized carbons (Fsp3) is 0.368. The molecule has 2 aromatic rings. The fourth-order valence-electron chi connectivity index (χ4n) is 3.72. The molecule has 1 saturated carbocycles. The van der Waals surface area contributed by atoms with Crippen molar-refractivity contribution in [1.82, 2.24) is 4.98 Å². The molecular weight excluding hydrogens is 427 g/mol. The Labute approximate surface area is 179 Å². The Morgan fingerprint density at radius 1 is 1.14 bits per heavy atom. The third-order valence-electron chi connectivity index (χ3n) is 5.32. The van der Waals surface area contributed by atoms with Crippen molar-refractivity contribution in [1.29, 1.82) is 0 Å². The summed E-state index contributed by atoms with van der Waals surface area (Å²) in [5.74, 6) is -2.59. The van der Waals surface area contributed by atoms with Gasteiger partial charge in [0, 0.05) is 18.8 Å². The van der Waals surface area contributed by atoms with Crippen LogP contribution in [-0.4, -0.2) is 25.1 Å².